The molecule has 2 aromatic heterocycles. The highest BCUT2D eigenvalue weighted by Gasteiger charge is 2.11. The molecule has 0 spiro atoms. The van der Waals surface area contributed by atoms with E-state index in [1.165, 1.54) is 4.70 Å². The number of hydrogen-bond donors (Lipinski definition) is 0. The average molecular weight is 329 g/mol. The van der Waals surface area contributed by atoms with Crippen LogP contribution in [0.3, 0.4) is 0 Å². The average Bonchev–Trinajstić information content (AvgIpc) is 3.05. The topological polar surface area (TPSA) is 26.5 Å². The predicted octanol–water partition coefficient (Wildman–Crippen LogP) is 5.27. The lowest BCUT2D eigenvalue weighted by atomic mass is 10.2. The van der Waals surface area contributed by atoms with Crippen LogP contribution in [0.4, 0.5) is 0 Å². The summed E-state index contributed by atoms with van der Waals surface area (Å²) in [6.07, 6.45) is 2.07. The fourth-order valence-electron chi connectivity index (χ4n) is 2.50. The molecule has 110 valence electrons. The van der Waals surface area contributed by atoms with Crippen molar-refractivity contribution in [2.24, 2.45) is 0 Å². The lowest BCUT2D eigenvalue weighted by Gasteiger charge is -2.01. The van der Waals surface area contributed by atoms with Crippen molar-refractivity contribution in [3.63, 3.8) is 0 Å². The Labute approximate surface area is 136 Å². The summed E-state index contributed by atoms with van der Waals surface area (Å²) in [6.45, 7) is 2.67. The summed E-state index contributed by atoms with van der Waals surface area (Å²) in [5, 5.41) is 0.735. The minimum Gasteiger partial charge on any atom is -0.494 e. The van der Waals surface area contributed by atoms with E-state index in [4.69, 9.17) is 21.3 Å². The van der Waals surface area contributed by atoms with Gasteiger partial charge in [-0.25, -0.2) is 4.98 Å². The van der Waals surface area contributed by atoms with E-state index in [1.54, 1.807) is 11.3 Å². The molecule has 0 bridgehead atoms. The minimum absolute atomic E-state index is 0.675. The van der Waals surface area contributed by atoms with Crippen LogP contribution in [-0.4, -0.2) is 16.0 Å². The maximum atomic E-state index is 5.94. The van der Waals surface area contributed by atoms with Crippen LogP contribution < -0.4 is 4.74 Å². The molecule has 0 saturated heterocycles. The minimum atomic E-state index is 0.675. The van der Waals surface area contributed by atoms with Gasteiger partial charge in [0, 0.05) is 16.8 Å². The summed E-state index contributed by atoms with van der Waals surface area (Å²) < 4.78 is 8.86. The monoisotopic (exact) mass is 328 g/mol. The predicted molar refractivity (Wildman–Crippen MR) is 92.2 cm³/mol. The molecule has 0 fully saturated rings. The maximum Gasteiger partial charge on any atom is 0.195 e. The Hall–Kier alpha value is -2.04. The number of benzene rings is 2. The van der Waals surface area contributed by atoms with Gasteiger partial charge < -0.3 is 4.74 Å². The van der Waals surface area contributed by atoms with Gasteiger partial charge >= 0.3 is 0 Å². The van der Waals surface area contributed by atoms with Crippen LogP contribution in [0.25, 0.3) is 26.4 Å². The number of aromatic nitrogens is 2. The molecule has 4 rings (SSSR count). The van der Waals surface area contributed by atoms with Crippen LogP contribution in [0.2, 0.25) is 5.02 Å². The van der Waals surface area contributed by atoms with Gasteiger partial charge in [0.2, 0.25) is 0 Å². The molecule has 2 heterocycles. The third-order valence-electron chi connectivity index (χ3n) is 3.52. The van der Waals surface area contributed by atoms with Crippen molar-refractivity contribution in [1.82, 2.24) is 9.38 Å². The fourth-order valence-corrected chi connectivity index (χ4v) is 3.66. The summed E-state index contributed by atoms with van der Waals surface area (Å²) in [6, 6.07) is 13.9. The Morgan fingerprint density at radius 2 is 2.00 bits per heavy atom. The van der Waals surface area contributed by atoms with Crippen LogP contribution >= 0.6 is 22.9 Å². The standard InChI is InChI=1S/C17H13ClN2OS/c1-2-21-13-7-8-15-16(9-13)22-17-19-14(10-20(15)17)11-3-5-12(18)6-4-11/h3-10H,2H2,1H3. The Morgan fingerprint density at radius 3 is 2.77 bits per heavy atom. The van der Waals surface area contributed by atoms with Crippen LogP contribution in [0.5, 0.6) is 5.75 Å². The Kier molecular flexibility index (Phi) is 3.28. The lowest BCUT2D eigenvalue weighted by Crippen LogP contribution is -1.90. The summed E-state index contributed by atoms with van der Waals surface area (Å²) in [5.74, 6) is 0.900. The normalized spacial score (nSPS) is 11.4. The molecule has 0 N–H and O–H groups in total. The highest BCUT2D eigenvalue weighted by Crippen LogP contribution is 2.32. The second-order valence-electron chi connectivity index (χ2n) is 4.95. The van der Waals surface area contributed by atoms with E-state index < -0.39 is 0 Å². The molecule has 0 radical (unpaired) electrons. The fraction of sp³-hybridized carbons (Fsp3) is 0.118. The summed E-state index contributed by atoms with van der Waals surface area (Å²) >= 11 is 7.61. The largest absolute Gasteiger partial charge is 0.494 e. The second-order valence-corrected chi connectivity index (χ2v) is 6.40. The number of imidazole rings is 1. The zero-order valence-corrected chi connectivity index (χ0v) is 13.5. The molecule has 3 nitrogen and oxygen atoms in total. The van der Waals surface area contributed by atoms with Gasteiger partial charge in [-0.1, -0.05) is 35.1 Å². The highest BCUT2D eigenvalue weighted by atomic mass is 35.5. The van der Waals surface area contributed by atoms with Crippen LogP contribution in [0.1, 0.15) is 6.92 Å². The number of ether oxygens (including phenoxy) is 1. The summed E-state index contributed by atoms with van der Waals surface area (Å²) in [4.78, 5) is 5.70. The first-order chi connectivity index (χ1) is 10.7. The van der Waals surface area contributed by atoms with Crippen molar-refractivity contribution in [1.29, 1.82) is 0 Å². The van der Waals surface area contributed by atoms with Crippen LogP contribution in [0.15, 0.2) is 48.7 Å². The van der Waals surface area contributed by atoms with Crippen molar-refractivity contribution in [2.75, 3.05) is 6.61 Å². The van der Waals surface area contributed by atoms with E-state index in [2.05, 4.69) is 22.7 Å². The Morgan fingerprint density at radius 1 is 1.18 bits per heavy atom. The number of hydrogen-bond acceptors (Lipinski definition) is 3. The van der Waals surface area contributed by atoms with Crippen molar-refractivity contribution < 1.29 is 4.74 Å². The number of thiazole rings is 1. The Balaban J connectivity index is 1.83. The maximum absolute atomic E-state index is 5.94. The van der Waals surface area contributed by atoms with E-state index in [0.29, 0.717) is 6.61 Å². The SMILES string of the molecule is CCOc1ccc2c(c1)sc1nc(-c3ccc(Cl)cc3)cn12. The van der Waals surface area contributed by atoms with Crippen molar-refractivity contribution in [3.05, 3.63) is 53.7 Å². The first-order valence-electron chi connectivity index (χ1n) is 7.05. The van der Waals surface area contributed by atoms with Gasteiger partial charge in [-0.05, 0) is 37.3 Å². The molecular weight excluding hydrogens is 316 g/mol. The molecular formula is C17H13ClN2OS. The van der Waals surface area contributed by atoms with Crippen molar-refractivity contribution >= 4 is 38.1 Å². The third kappa shape index (κ3) is 2.25. The summed E-state index contributed by atoms with van der Waals surface area (Å²) in [7, 11) is 0. The van der Waals surface area contributed by atoms with Crippen molar-refractivity contribution in [2.45, 2.75) is 6.92 Å². The van der Waals surface area contributed by atoms with Gasteiger partial charge in [-0.2, -0.15) is 0 Å². The van der Waals surface area contributed by atoms with Gasteiger partial charge in [0.1, 0.15) is 5.75 Å². The number of halogens is 1. The smallest absolute Gasteiger partial charge is 0.195 e. The molecule has 0 aliphatic heterocycles. The van der Waals surface area contributed by atoms with E-state index in [0.717, 1.165) is 32.5 Å². The molecule has 5 heteroatoms. The second kappa shape index (κ2) is 5.30. The van der Waals surface area contributed by atoms with Gasteiger partial charge in [0.25, 0.3) is 0 Å². The molecule has 0 aliphatic rings. The first kappa shape index (κ1) is 13.6. The molecule has 22 heavy (non-hydrogen) atoms. The highest BCUT2D eigenvalue weighted by molar-refractivity contribution is 7.23. The molecule has 2 aromatic carbocycles. The summed E-state index contributed by atoms with van der Waals surface area (Å²) in [5.41, 5.74) is 3.18. The number of fused-ring (bicyclic) bond motifs is 3. The van der Waals surface area contributed by atoms with E-state index >= 15 is 0 Å². The number of nitrogens with zero attached hydrogens (tertiary/aromatic N) is 2. The zero-order valence-electron chi connectivity index (χ0n) is 11.9. The zero-order chi connectivity index (χ0) is 15.1. The molecule has 0 atom stereocenters. The Bertz CT molecular complexity index is 956. The van der Waals surface area contributed by atoms with Gasteiger partial charge in [0.15, 0.2) is 4.96 Å². The lowest BCUT2D eigenvalue weighted by molar-refractivity contribution is 0.341. The van der Waals surface area contributed by atoms with E-state index in [-0.39, 0.29) is 0 Å². The van der Waals surface area contributed by atoms with Crippen molar-refractivity contribution in [3.8, 4) is 17.0 Å². The molecule has 0 saturated carbocycles. The van der Waals surface area contributed by atoms with Crippen LogP contribution in [-0.2, 0) is 0 Å². The van der Waals surface area contributed by atoms with Gasteiger partial charge in [-0.3, -0.25) is 4.40 Å². The van der Waals surface area contributed by atoms with Gasteiger partial charge in [0.05, 0.1) is 22.5 Å². The molecule has 0 unspecified atom stereocenters. The van der Waals surface area contributed by atoms with E-state index in [1.807, 2.05) is 37.3 Å². The molecule has 0 amide bonds. The molecule has 4 aromatic rings. The first-order valence-corrected chi connectivity index (χ1v) is 8.24. The van der Waals surface area contributed by atoms with Gasteiger partial charge in [-0.15, -0.1) is 0 Å². The van der Waals surface area contributed by atoms with E-state index in [9.17, 15) is 0 Å². The third-order valence-corrected chi connectivity index (χ3v) is 4.79. The quantitative estimate of drug-likeness (QED) is 0.512. The van der Waals surface area contributed by atoms with Crippen LogP contribution in [0, 0.1) is 0 Å². The molecule has 0 aliphatic carbocycles. The number of rotatable bonds is 3.